The van der Waals surface area contributed by atoms with Crippen LogP contribution in [0.4, 0.5) is 10.1 Å². The second-order valence-corrected chi connectivity index (χ2v) is 7.31. The molecule has 0 radical (unpaired) electrons. The van der Waals surface area contributed by atoms with Crippen LogP contribution in [0.3, 0.4) is 0 Å². The summed E-state index contributed by atoms with van der Waals surface area (Å²) in [7, 11) is 1.73. The molecule has 0 spiro atoms. The Labute approximate surface area is 175 Å². The van der Waals surface area contributed by atoms with Gasteiger partial charge in [-0.05, 0) is 43.7 Å². The lowest BCUT2D eigenvalue weighted by Crippen LogP contribution is -2.23. The van der Waals surface area contributed by atoms with E-state index in [0.29, 0.717) is 23.6 Å². The fraction of sp³-hybridized carbons (Fsp3) is 0.261. The molecule has 0 fully saturated rings. The SMILES string of the molecule is CC(=O)N(C)Cc1cccc(NC(=O)Cc2c(C)nn(-c3ccccc3F)c2C)c1. The Morgan fingerprint density at radius 1 is 1.13 bits per heavy atom. The Morgan fingerprint density at radius 2 is 1.87 bits per heavy atom. The third-order valence-electron chi connectivity index (χ3n) is 5.03. The number of rotatable bonds is 6. The van der Waals surface area contributed by atoms with Crippen molar-refractivity contribution >= 4 is 17.5 Å². The van der Waals surface area contributed by atoms with Crippen molar-refractivity contribution in [3.8, 4) is 5.69 Å². The predicted octanol–water partition coefficient (Wildman–Crippen LogP) is 3.79. The van der Waals surface area contributed by atoms with Crippen LogP contribution < -0.4 is 5.32 Å². The first-order valence-electron chi connectivity index (χ1n) is 9.66. The minimum Gasteiger partial charge on any atom is -0.342 e. The quantitative estimate of drug-likeness (QED) is 0.675. The maximum absolute atomic E-state index is 14.2. The molecule has 1 N–H and O–H groups in total. The van der Waals surface area contributed by atoms with Gasteiger partial charge < -0.3 is 10.2 Å². The molecule has 0 unspecified atom stereocenters. The molecule has 0 aliphatic heterocycles. The minimum absolute atomic E-state index is 0.0257. The van der Waals surface area contributed by atoms with E-state index in [4.69, 9.17) is 0 Å². The van der Waals surface area contributed by atoms with Gasteiger partial charge in [-0.3, -0.25) is 9.59 Å². The maximum atomic E-state index is 14.2. The standard InChI is InChI=1S/C23H25FN4O2/c1-15-20(16(2)28(26-15)22-11-6-5-10-21(22)24)13-23(30)25-19-9-7-8-18(12-19)14-27(4)17(3)29/h5-12H,13-14H2,1-4H3,(H,25,30). The number of carbonyl (C=O) groups excluding carboxylic acids is 2. The van der Waals surface area contributed by atoms with Gasteiger partial charge in [0.15, 0.2) is 0 Å². The van der Waals surface area contributed by atoms with Gasteiger partial charge in [0.05, 0.1) is 12.1 Å². The van der Waals surface area contributed by atoms with Crippen LogP contribution >= 0.6 is 0 Å². The van der Waals surface area contributed by atoms with Crippen LogP contribution in [0.15, 0.2) is 48.5 Å². The Morgan fingerprint density at radius 3 is 2.57 bits per heavy atom. The van der Waals surface area contributed by atoms with E-state index in [0.717, 1.165) is 16.8 Å². The highest BCUT2D eigenvalue weighted by Gasteiger charge is 2.17. The number of nitrogens with one attached hydrogen (secondary N) is 1. The molecule has 0 atom stereocenters. The monoisotopic (exact) mass is 408 g/mol. The van der Waals surface area contributed by atoms with Gasteiger partial charge in [-0.15, -0.1) is 0 Å². The molecule has 1 aromatic heterocycles. The molecule has 7 heteroatoms. The van der Waals surface area contributed by atoms with Crippen molar-refractivity contribution in [3.63, 3.8) is 0 Å². The first-order valence-corrected chi connectivity index (χ1v) is 9.66. The number of benzene rings is 2. The summed E-state index contributed by atoms with van der Waals surface area (Å²) in [6.07, 6.45) is 0.129. The van der Waals surface area contributed by atoms with E-state index in [1.54, 1.807) is 36.2 Å². The Balaban J connectivity index is 1.75. The molecule has 30 heavy (non-hydrogen) atoms. The van der Waals surface area contributed by atoms with Gasteiger partial charge in [0, 0.05) is 37.5 Å². The molecular weight excluding hydrogens is 383 g/mol. The number of para-hydroxylation sites is 1. The lowest BCUT2D eigenvalue weighted by Gasteiger charge is -2.15. The third-order valence-corrected chi connectivity index (χ3v) is 5.03. The Hall–Kier alpha value is -3.48. The molecule has 6 nitrogen and oxygen atoms in total. The van der Waals surface area contributed by atoms with Crippen LogP contribution in [0, 0.1) is 19.7 Å². The molecule has 0 saturated heterocycles. The van der Waals surface area contributed by atoms with Gasteiger partial charge in [-0.1, -0.05) is 24.3 Å². The van der Waals surface area contributed by atoms with E-state index < -0.39 is 0 Å². The molecular formula is C23H25FN4O2. The topological polar surface area (TPSA) is 67.2 Å². The number of amides is 2. The zero-order valence-electron chi connectivity index (χ0n) is 17.6. The second kappa shape index (κ2) is 8.90. The largest absolute Gasteiger partial charge is 0.342 e. The van der Waals surface area contributed by atoms with E-state index in [1.165, 1.54) is 17.7 Å². The summed E-state index contributed by atoms with van der Waals surface area (Å²) in [5.41, 5.74) is 4.11. The molecule has 0 aliphatic rings. The summed E-state index contributed by atoms with van der Waals surface area (Å²) < 4.78 is 15.7. The molecule has 3 aromatic rings. The molecule has 0 bridgehead atoms. The van der Waals surface area contributed by atoms with E-state index in [9.17, 15) is 14.0 Å². The average molecular weight is 408 g/mol. The van der Waals surface area contributed by atoms with E-state index in [1.807, 2.05) is 32.0 Å². The molecule has 2 amide bonds. The number of carbonyl (C=O) groups is 2. The number of aryl methyl sites for hydroxylation is 1. The maximum Gasteiger partial charge on any atom is 0.228 e. The van der Waals surface area contributed by atoms with Gasteiger partial charge in [0.1, 0.15) is 11.5 Å². The summed E-state index contributed by atoms with van der Waals surface area (Å²) in [6.45, 7) is 5.61. The molecule has 156 valence electrons. The van der Waals surface area contributed by atoms with Crippen molar-refractivity contribution in [2.45, 2.75) is 33.7 Å². The number of aromatic nitrogens is 2. The van der Waals surface area contributed by atoms with Crippen LogP contribution in [0.5, 0.6) is 0 Å². The normalized spacial score (nSPS) is 10.7. The minimum atomic E-state index is -0.369. The molecule has 2 aromatic carbocycles. The highest BCUT2D eigenvalue weighted by molar-refractivity contribution is 5.92. The van der Waals surface area contributed by atoms with Gasteiger partial charge in [0.2, 0.25) is 11.8 Å². The Kier molecular flexibility index (Phi) is 6.30. The van der Waals surface area contributed by atoms with Crippen LogP contribution in [-0.4, -0.2) is 33.5 Å². The van der Waals surface area contributed by atoms with Crippen molar-refractivity contribution in [1.29, 1.82) is 0 Å². The van der Waals surface area contributed by atoms with Crippen LogP contribution in [-0.2, 0) is 22.6 Å². The number of nitrogens with zero attached hydrogens (tertiary/aromatic N) is 3. The predicted molar refractivity (Wildman–Crippen MR) is 114 cm³/mol. The van der Waals surface area contributed by atoms with Crippen molar-refractivity contribution in [2.24, 2.45) is 0 Å². The van der Waals surface area contributed by atoms with Gasteiger partial charge in [-0.2, -0.15) is 5.10 Å². The van der Waals surface area contributed by atoms with E-state index in [-0.39, 0.29) is 24.1 Å². The van der Waals surface area contributed by atoms with Crippen molar-refractivity contribution < 1.29 is 14.0 Å². The lowest BCUT2D eigenvalue weighted by molar-refractivity contribution is -0.128. The number of anilines is 1. The zero-order chi connectivity index (χ0) is 21.8. The fourth-order valence-corrected chi connectivity index (χ4v) is 3.29. The van der Waals surface area contributed by atoms with Gasteiger partial charge >= 0.3 is 0 Å². The number of hydrogen-bond acceptors (Lipinski definition) is 3. The van der Waals surface area contributed by atoms with E-state index >= 15 is 0 Å². The first-order chi connectivity index (χ1) is 14.3. The molecule has 3 rings (SSSR count). The highest BCUT2D eigenvalue weighted by Crippen LogP contribution is 2.21. The van der Waals surface area contributed by atoms with E-state index in [2.05, 4.69) is 10.4 Å². The highest BCUT2D eigenvalue weighted by atomic mass is 19.1. The fourth-order valence-electron chi connectivity index (χ4n) is 3.29. The molecule has 0 saturated carbocycles. The summed E-state index contributed by atoms with van der Waals surface area (Å²) >= 11 is 0. The summed E-state index contributed by atoms with van der Waals surface area (Å²) in [4.78, 5) is 25.7. The average Bonchev–Trinajstić information content (AvgIpc) is 2.96. The lowest BCUT2D eigenvalue weighted by atomic mass is 10.1. The van der Waals surface area contributed by atoms with Crippen molar-refractivity contribution in [3.05, 3.63) is 76.9 Å². The summed E-state index contributed by atoms with van der Waals surface area (Å²) in [5, 5.41) is 7.32. The third kappa shape index (κ3) is 4.74. The van der Waals surface area contributed by atoms with Crippen LogP contribution in [0.2, 0.25) is 0 Å². The van der Waals surface area contributed by atoms with Crippen molar-refractivity contribution in [2.75, 3.05) is 12.4 Å². The number of halogens is 1. The first kappa shape index (κ1) is 21.2. The Bertz CT molecular complexity index is 1090. The molecule has 1 heterocycles. The number of hydrogen-bond donors (Lipinski definition) is 1. The molecule has 0 aliphatic carbocycles. The smallest absolute Gasteiger partial charge is 0.228 e. The zero-order valence-corrected chi connectivity index (χ0v) is 17.6. The van der Waals surface area contributed by atoms with Gasteiger partial charge in [0.25, 0.3) is 0 Å². The van der Waals surface area contributed by atoms with Crippen molar-refractivity contribution in [1.82, 2.24) is 14.7 Å². The van der Waals surface area contributed by atoms with Crippen LogP contribution in [0.25, 0.3) is 5.69 Å². The summed E-state index contributed by atoms with van der Waals surface area (Å²) in [5.74, 6) is -0.583. The van der Waals surface area contributed by atoms with Crippen LogP contribution in [0.1, 0.15) is 29.4 Å². The van der Waals surface area contributed by atoms with Gasteiger partial charge in [-0.25, -0.2) is 9.07 Å². The summed E-state index contributed by atoms with van der Waals surface area (Å²) in [6, 6.07) is 13.8. The second-order valence-electron chi connectivity index (χ2n) is 7.31.